The van der Waals surface area contributed by atoms with Crippen molar-refractivity contribution >= 4 is 21.8 Å². The van der Waals surface area contributed by atoms with E-state index in [1.54, 1.807) is 0 Å². The lowest BCUT2D eigenvalue weighted by Crippen LogP contribution is -1.93. The van der Waals surface area contributed by atoms with Gasteiger partial charge in [-0.15, -0.1) is 0 Å². The molecule has 0 amide bonds. The normalized spacial score (nSPS) is 11.7. The number of benzene rings is 2. The number of hydrogen-bond donors (Lipinski definition) is 2. The van der Waals surface area contributed by atoms with Crippen LogP contribution in [0.5, 0.6) is 5.75 Å². The van der Waals surface area contributed by atoms with Crippen molar-refractivity contribution in [2.75, 3.05) is 0 Å². The van der Waals surface area contributed by atoms with E-state index >= 15 is 0 Å². The second kappa shape index (κ2) is 12.8. The predicted molar refractivity (Wildman–Crippen MR) is 136 cm³/mol. The zero-order valence-corrected chi connectivity index (χ0v) is 19.9. The number of aromatic hydroxyl groups is 1. The molecule has 2 aromatic carbocycles. The van der Waals surface area contributed by atoms with Crippen LogP contribution >= 0.6 is 0 Å². The minimum atomic E-state index is 0.428. The van der Waals surface area contributed by atoms with E-state index in [0.29, 0.717) is 5.75 Å². The van der Waals surface area contributed by atoms with Crippen LogP contribution in [0.4, 0.5) is 0 Å². The number of H-pyrrole nitrogens is 1. The fraction of sp³-hybridized carbons (Fsp3) is 0.586. The summed E-state index contributed by atoms with van der Waals surface area (Å²) in [4.78, 5) is 3.60. The number of aryl methyl sites for hydroxylation is 1. The highest BCUT2D eigenvalue weighted by Crippen LogP contribution is 2.35. The van der Waals surface area contributed by atoms with E-state index in [1.165, 1.54) is 106 Å². The maximum Gasteiger partial charge on any atom is 0.119 e. The highest BCUT2D eigenvalue weighted by Gasteiger charge is 2.13. The molecule has 2 nitrogen and oxygen atoms in total. The molecule has 0 bridgehead atoms. The molecule has 0 saturated heterocycles. The molecule has 1 heterocycles. The van der Waals surface area contributed by atoms with Gasteiger partial charge in [0.15, 0.2) is 0 Å². The summed E-state index contributed by atoms with van der Waals surface area (Å²) in [5, 5.41) is 12.8. The molecule has 2 heteroatoms. The van der Waals surface area contributed by atoms with E-state index < -0.39 is 0 Å². The average molecular weight is 422 g/mol. The highest BCUT2D eigenvalue weighted by molar-refractivity contribution is 6.09. The number of phenolic OH excluding ortho intramolecular Hbond substituents is 1. The van der Waals surface area contributed by atoms with E-state index in [9.17, 15) is 5.11 Å². The molecule has 3 aromatic rings. The van der Waals surface area contributed by atoms with E-state index in [0.717, 1.165) is 22.9 Å². The summed E-state index contributed by atoms with van der Waals surface area (Å²) in [5.41, 5.74) is 4.70. The Kier molecular flexibility index (Phi) is 9.78. The Hall–Kier alpha value is -1.96. The van der Waals surface area contributed by atoms with E-state index in [2.05, 4.69) is 43.1 Å². The van der Waals surface area contributed by atoms with Gasteiger partial charge in [0.2, 0.25) is 0 Å². The van der Waals surface area contributed by atoms with Crippen LogP contribution in [0.25, 0.3) is 21.8 Å². The Bertz CT molecular complexity index is 923. The van der Waals surface area contributed by atoms with Gasteiger partial charge in [-0.2, -0.15) is 0 Å². The minimum Gasteiger partial charge on any atom is -0.508 e. The molecule has 0 unspecified atom stereocenters. The number of nitrogens with one attached hydrogen (secondary N) is 1. The Balaban J connectivity index is 1.35. The van der Waals surface area contributed by atoms with Gasteiger partial charge >= 0.3 is 0 Å². The van der Waals surface area contributed by atoms with Gasteiger partial charge in [-0.05, 0) is 43.0 Å². The summed E-state index contributed by atoms with van der Waals surface area (Å²) in [5.74, 6) is 0.428. The summed E-state index contributed by atoms with van der Waals surface area (Å²) < 4.78 is 0. The van der Waals surface area contributed by atoms with Crippen LogP contribution in [0.3, 0.4) is 0 Å². The lowest BCUT2D eigenvalue weighted by Gasteiger charge is -2.10. The molecule has 0 aliphatic carbocycles. The van der Waals surface area contributed by atoms with Crippen molar-refractivity contribution in [3.05, 3.63) is 41.5 Å². The lowest BCUT2D eigenvalue weighted by molar-refractivity contribution is 0.471. The van der Waals surface area contributed by atoms with Crippen LogP contribution < -0.4 is 0 Å². The van der Waals surface area contributed by atoms with Crippen molar-refractivity contribution in [2.45, 2.75) is 110 Å². The predicted octanol–water partition coefficient (Wildman–Crippen LogP) is 9.36. The minimum absolute atomic E-state index is 0.428. The second-order valence-corrected chi connectivity index (χ2v) is 9.44. The monoisotopic (exact) mass is 421 g/mol. The number of unbranched alkanes of at least 4 members (excludes halogenated alkanes) is 13. The van der Waals surface area contributed by atoms with Gasteiger partial charge in [0.05, 0.1) is 5.52 Å². The third-order valence-electron chi connectivity index (χ3n) is 6.95. The summed E-state index contributed by atoms with van der Waals surface area (Å²) in [7, 11) is 0. The number of hydrogen-bond acceptors (Lipinski definition) is 1. The maximum atomic E-state index is 10.5. The summed E-state index contributed by atoms with van der Waals surface area (Å²) >= 11 is 0. The van der Waals surface area contributed by atoms with Gasteiger partial charge in [-0.25, -0.2) is 0 Å². The van der Waals surface area contributed by atoms with Crippen molar-refractivity contribution in [3.63, 3.8) is 0 Å². The van der Waals surface area contributed by atoms with Gasteiger partial charge < -0.3 is 10.1 Å². The molecular weight excluding hydrogens is 378 g/mol. The van der Waals surface area contributed by atoms with E-state index in [4.69, 9.17) is 0 Å². The molecule has 0 fully saturated rings. The van der Waals surface area contributed by atoms with Crippen molar-refractivity contribution in [1.82, 2.24) is 4.98 Å². The molecule has 0 aliphatic rings. The number of fused-ring (bicyclic) bond motifs is 3. The molecule has 0 saturated carbocycles. The molecule has 3 rings (SSSR count). The molecule has 31 heavy (non-hydrogen) atoms. The van der Waals surface area contributed by atoms with Crippen LogP contribution in [0, 0.1) is 6.92 Å². The molecule has 2 N–H and O–H groups in total. The fourth-order valence-electron chi connectivity index (χ4n) is 4.95. The largest absolute Gasteiger partial charge is 0.508 e. The zero-order chi connectivity index (χ0) is 21.9. The maximum absolute atomic E-state index is 10.5. The first kappa shape index (κ1) is 23.7. The summed E-state index contributed by atoms with van der Waals surface area (Å²) in [6.45, 7) is 4.34. The highest BCUT2D eigenvalue weighted by atomic mass is 16.3. The third-order valence-corrected chi connectivity index (χ3v) is 6.95. The quantitative estimate of drug-likeness (QED) is 0.236. The van der Waals surface area contributed by atoms with Gasteiger partial charge in [0, 0.05) is 16.3 Å². The SMILES string of the molecule is CCCCCCCCCCCCCCCCc1c(C)c(O)cc2c1[nH]c1ccccc12. The molecule has 0 atom stereocenters. The number of para-hydroxylation sites is 1. The van der Waals surface area contributed by atoms with Crippen molar-refractivity contribution in [3.8, 4) is 5.75 Å². The van der Waals surface area contributed by atoms with Crippen molar-refractivity contribution in [2.24, 2.45) is 0 Å². The Morgan fingerprint density at radius 2 is 1.26 bits per heavy atom. The Morgan fingerprint density at radius 3 is 1.87 bits per heavy atom. The molecular formula is C29H43NO. The first-order chi connectivity index (χ1) is 15.2. The number of phenols is 1. The van der Waals surface area contributed by atoms with Crippen LogP contribution in [-0.2, 0) is 6.42 Å². The topological polar surface area (TPSA) is 36.0 Å². The van der Waals surface area contributed by atoms with Crippen LogP contribution in [-0.4, -0.2) is 10.1 Å². The smallest absolute Gasteiger partial charge is 0.119 e. The lowest BCUT2D eigenvalue weighted by atomic mass is 9.97. The van der Waals surface area contributed by atoms with E-state index in [1.807, 2.05) is 6.07 Å². The number of rotatable bonds is 15. The van der Waals surface area contributed by atoms with E-state index in [-0.39, 0.29) is 0 Å². The Morgan fingerprint density at radius 1 is 0.710 bits per heavy atom. The standard InChI is InChI=1S/C29H43NO/c1-3-4-5-6-7-8-9-10-11-12-13-14-15-16-19-24-23(2)28(31)22-26-25-20-17-18-21-27(25)30-29(24)26/h17-18,20-22,30-31H,3-16,19H2,1-2H3. The summed E-state index contributed by atoms with van der Waals surface area (Å²) in [6, 6.07) is 10.3. The van der Waals surface area contributed by atoms with Crippen molar-refractivity contribution in [1.29, 1.82) is 0 Å². The van der Waals surface area contributed by atoms with Gasteiger partial charge in [0.1, 0.15) is 5.75 Å². The summed E-state index contributed by atoms with van der Waals surface area (Å²) in [6.07, 6.45) is 20.4. The second-order valence-electron chi connectivity index (χ2n) is 9.44. The van der Waals surface area contributed by atoms with Gasteiger partial charge in [0.25, 0.3) is 0 Å². The fourth-order valence-corrected chi connectivity index (χ4v) is 4.95. The molecule has 170 valence electrons. The average Bonchev–Trinajstić information content (AvgIpc) is 3.14. The molecule has 0 radical (unpaired) electrons. The number of aromatic amines is 1. The van der Waals surface area contributed by atoms with Crippen molar-refractivity contribution < 1.29 is 5.11 Å². The van der Waals surface area contributed by atoms with Crippen LogP contribution in [0.2, 0.25) is 0 Å². The zero-order valence-electron chi connectivity index (χ0n) is 19.9. The van der Waals surface area contributed by atoms with Crippen LogP contribution in [0.1, 0.15) is 108 Å². The third kappa shape index (κ3) is 6.76. The molecule has 0 spiro atoms. The van der Waals surface area contributed by atoms with Gasteiger partial charge in [-0.1, -0.05) is 109 Å². The molecule has 1 aromatic heterocycles. The molecule has 0 aliphatic heterocycles. The van der Waals surface area contributed by atoms with Crippen LogP contribution in [0.15, 0.2) is 30.3 Å². The first-order valence-corrected chi connectivity index (χ1v) is 12.9. The Labute approximate surface area is 189 Å². The first-order valence-electron chi connectivity index (χ1n) is 12.9. The number of aromatic nitrogens is 1. The van der Waals surface area contributed by atoms with Gasteiger partial charge in [-0.3, -0.25) is 0 Å².